The van der Waals surface area contributed by atoms with Crippen LogP contribution < -0.4 is 0 Å². The van der Waals surface area contributed by atoms with E-state index in [1.165, 1.54) is 0 Å². The summed E-state index contributed by atoms with van der Waals surface area (Å²) in [6.45, 7) is 1.29. The van der Waals surface area contributed by atoms with Crippen molar-refractivity contribution in [1.82, 2.24) is 4.98 Å². The fraction of sp³-hybridized carbons (Fsp3) is 0.333. The summed E-state index contributed by atoms with van der Waals surface area (Å²) in [5.74, 6) is 0. The van der Waals surface area contributed by atoms with Crippen LogP contribution in [0.25, 0.3) is 11.3 Å². The predicted octanol–water partition coefficient (Wildman–Crippen LogP) is 3.38. The Bertz CT molecular complexity index is 594. The number of hydrogen-bond donors (Lipinski definition) is 0. The van der Waals surface area contributed by atoms with Gasteiger partial charge < -0.3 is 4.74 Å². The number of nitriles is 1. The van der Waals surface area contributed by atoms with Gasteiger partial charge in [-0.05, 0) is 12.8 Å². The molecule has 1 aliphatic heterocycles. The molecule has 1 fully saturated rings. The molecule has 19 heavy (non-hydrogen) atoms. The van der Waals surface area contributed by atoms with Crippen LogP contribution in [0.5, 0.6) is 0 Å². The lowest BCUT2D eigenvalue weighted by molar-refractivity contribution is 0.0675. The quantitative estimate of drug-likeness (QED) is 0.840. The van der Waals surface area contributed by atoms with Crippen molar-refractivity contribution in [2.75, 3.05) is 13.2 Å². The topological polar surface area (TPSA) is 45.9 Å². The van der Waals surface area contributed by atoms with E-state index >= 15 is 0 Å². The molecular formula is C15H14N2OS. The second-order valence-electron chi connectivity index (χ2n) is 4.71. The van der Waals surface area contributed by atoms with E-state index in [2.05, 4.69) is 11.1 Å². The maximum absolute atomic E-state index is 9.54. The van der Waals surface area contributed by atoms with E-state index in [-0.39, 0.29) is 0 Å². The maximum Gasteiger partial charge on any atom is 0.114 e. The SMILES string of the molecule is N#CC1(c2nc(-c3ccccc3)cs2)CCOCC1. The Kier molecular flexibility index (Phi) is 3.33. The summed E-state index contributed by atoms with van der Waals surface area (Å²) in [4.78, 5) is 4.69. The van der Waals surface area contributed by atoms with Gasteiger partial charge in [0.1, 0.15) is 10.4 Å². The van der Waals surface area contributed by atoms with Gasteiger partial charge in [-0.15, -0.1) is 11.3 Å². The number of ether oxygens (including phenoxy) is 1. The molecule has 0 radical (unpaired) electrons. The maximum atomic E-state index is 9.54. The Hall–Kier alpha value is -1.70. The van der Waals surface area contributed by atoms with Crippen LogP contribution in [0, 0.1) is 11.3 Å². The molecule has 1 aromatic carbocycles. The summed E-state index contributed by atoms with van der Waals surface area (Å²) in [6, 6.07) is 12.6. The number of thiazole rings is 1. The fourth-order valence-corrected chi connectivity index (χ4v) is 3.37. The number of aromatic nitrogens is 1. The molecule has 0 atom stereocenters. The number of benzene rings is 1. The van der Waals surface area contributed by atoms with Crippen molar-refractivity contribution in [2.24, 2.45) is 0 Å². The largest absolute Gasteiger partial charge is 0.381 e. The Morgan fingerprint density at radius 2 is 1.95 bits per heavy atom. The third kappa shape index (κ3) is 2.27. The van der Waals surface area contributed by atoms with Gasteiger partial charge in [0.2, 0.25) is 0 Å². The molecule has 0 amide bonds. The van der Waals surface area contributed by atoms with Crippen LogP contribution in [0.4, 0.5) is 0 Å². The molecule has 2 heterocycles. The highest BCUT2D eigenvalue weighted by molar-refractivity contribution is 7.10. The van der Waals surface area contributed by atoms with Crippen LogP contribution in [0.3, 0.4) is 0 Å². The molecule has 3 nitrogen and oxygen atoms in total. The minimum absolute atomic E-state index is 0.448. The Labute approximate surface area is 116 Å². The monoisotopic (exact) mass is 270 g/mol. The van der Waals surface area contributed by atoms with Crippen LogP contribution in [0.15, 0.2) is 35.7 Å². The van der Waals surface area contributed by atoms with Gasteiger partial charge in [-0.3, -0.25) is 0 Å². The second kappa shape index (κ2) is 5.12. The first-order valence-electron chi connectivity index (χ1n) is 6.34. The highest BCUT2D eigenvalue weighted by Crippen LogP contribution is 2.37. The van der Waals surface area contributed by atoms with Gasteiger partial charge >= 0.3 is 0 Å². The first-order chi connectivity index (χ1) is 9.34. The third-order valence-corrected chi connectivity index (χ3v) is 4.59. The van der Waals surface area contributed by atoms with Crippen LogP contribution in [-0.4, -0.2) is 18.2 Å². The van der Waals surface area contributed by atoms with E-state index in [0.29, 0.717) is 13.2 Å². The van der Waals surface area contributed by atoms with E-state index < -0.39 is 5.41 Å². The molecule has 2 aromatic rings. The molecule has 4 heteroatoms. The lowest BCUT2D eigenvalue weighted by Gasteiger charge is -2.28. The van der Waals surface area contributed by atoms with Crippen molar-refractivity contribution in [1.29, 1.82) is 5.26 Å². The van der Waals surface area contributed by atoms with E-state index in [4.69, 9.17) is 4.74 Å². The fourth-order valence-electron chi connectivity index (χ4n) is 2.33. The Balaban J connectivity index is 1.95. The molecule has 0 spiro atoms. The molecule has 1 aliphatic rings. The molecular weight excluding hydrogens is 256 g/mol. The summed E-state index contributed by atoms with van der Waals surface area (Å²) >= 11 is 1.59. The molecule has 0 N–H and O–H groups in total. The zero-order valence-electron chi connectivity index (χ0n) is 10.5. The van der Waals surface area contributed by atoms with Gasteiger partial charge in [0, 0.05) is 24.2 Å². The van der Waals surface area contributed by atoms with Gasteiger partial charge in [0.15, 0.2) is 0 Å². The van der Waals surface area contributed by atoms with Gasteiger partial charge in [0.25, 0.3) is 0 Å². The summed E-state index contributed by atoms with van der Waals surface area (Å²) in [6.07, 6.45) is 1.48. The molecule has 0 aliphatic carbocycles. The highest BCUT2D eigenvalue weighted by atomic mass is 32.1. The first-order valence-corrected chi connectivity index (χ1v) is 7.22. The Morgan fingerprint density at radius 1 is 1.21 bits per heavy atom. The average molecular weight is 270 g/mol. The molecule has 1 aromatic heterocycles. The molecule has 3 rings (SSSR count). The summed E-state index contributed by atoms with van der Waals surface area (Å²) in [7, 11) is 0. The lowest BCUT2D eigenvalue weighted by Crippen LogP contribution is -2.32. The smallest absolute Gasteiger partial charge is 0.114 e. The van der Waals surface area contributed by atoms with Crippen molar-refractivity contribution < 1.29 is 4.74 Å². The minimum Gasteiger partial charge on any atom is -0.381 e. The van der Waals surface area contributed by atoms with Crippen molar-refractivity contribution in [2.45, 2.75) is 18.3 Å². The third-order valence-electron chi connectivity index (χ3n) is 3.54. The van der Waals surface area contributed by atoms with E-state index in [0.717, 1.165) is 29.1 Å². The molecule has 1 saturated heterocycles. The van der Waals surface area contributed by atoms with Gasteiger partial charge in [-0.25, -0.2) is 4.98 Å². The van der Waals surface area contributed by atoms with Crippen molar-refractivity contribution in [3.8, 4) is 17.3 Å². The summed E-state index contributed by atoms with van der Waals surface area (Å²) < 4.78 is 5.37. The van der Waals surface area contributed by atoms with Crippen LogP contribution in [0.2, 0.25) is 0 Å². The Morgan fingerprint density at radius 3 is 2.63 bits per heavy atom. The summed E-state index contributed by atoms with van der Waals surface area (Å²) in [5.41, 5.74) is 1.61. The minimum atomic E-state index is -0.448. The standard InChI is InChI=1S/C15H14N2OS/c16-11-15(6-8-18-9-7-15)14-17-13(10-19-14)12-4-2-1-3-5-12/h1-5,10H,6-9H2. The molecule has 96 valence electrons. The first kappa shape index (κ1) is 12.3. The number of nitrogens with zero attached hydrogens (tertiary/aromatic N) is 2. The van der Waals surface area contributed by atoms with Crippen LogP contribution in [-0.2, 0) is 10.2 Å². The van der Waals surface area contributed by atoms with Crippen molar-refractivity contribution in [3.05, 3.63) is 40.7 Å². The highest BCUT2D eigenvalue weighted by Gasteiger charge is 2.37. The summed E-state index contributed by atoms with van der Waals surface area (Å²) in [5, 5.41) is 12.5. The lowest BCUT2D eigenvalue weighted by atomic mass is 9.82. The van der Waals surface area contributed by atoms with Crippen molar-refractivity contribution in [3.63, 3.8) is 0 Å². The molecule has 0 saturated carbocycles. The van der Waals surface area contributed by atoms with E-state index in [9.17, 15) is 5.26 Å². The average Bonchev–Trinajstić information content (AvgIpc) is 2.99. The second-order valence-corrected chi connectivity index (χ2v) is 5.57. The predicted molar refractivity (Wildman–Crippen MR) is 74.9 cm³/mol. The van der Waals surface area contributed by atoms with Gasteiger partial charge in [0.05, 0.1) is 11.8 Å². The molecule has 0 unspecified atom stereocenters. The van der Waals surface area contributed by atoms with Gasteiger partial charge in [-0.2, -0.15) is 5.26 Å². The molecule has 0 bridgehead atoms. The van der Waals surface area contributed by atoms with Crippen LogP contribution >= 0.6 is 11.3 Å². The number of rotatable bonds is 2. The van der Waals surface area contributed by atoms with Gasteiger partial charge in [-0.1, -0.05) is 30.3 Å². The zero-order valence-corrected chi connectivity index (χ0v) is 11.3. The van der Waals surface area contributed by atoms with Crippen LogP contribution in [0.1, 0.15) is 17.8 Å². The number of hydrogen-bond acceptors (Lipinski definition) is 4. The zero-order chi connectivity index (χ0) is 13.1. The normalized spacial score (nSPS) is 17.8. The van der Waals surface area contributed by atoms with E-state index in [1.807, 2.05) is 35.7 Å². The van der Waals surface area contributed by atoms with Crippen molar-refractivity contribution >= 4 is 11.3 Å². The van der Waals surface area contributed by atoms with E-state index in [1.54, 1.807) is 11.3 Å².